The lowest BCUT2D eigenvalue weighted by molar-refractivity contribution is -0.142. The van der Waals surface area contributed by atoms with E-state index < -0.39 is 12.0 Å². The number of fused-ring (bicyclic) bond motifs is 1. The fraction of sp³-hybridized carbons (Fsp3) is 0.176. The zero-order valence-electron chi connectivity index (χ0n) is 13.2. The predicted molar refractivity (Wildman–Crippen MR) is 92.1 cm³/mol. The van der Waals surface area contributed by atoms with Gasteiger partial charge in [-0.2, -0.15) is 0 Å². The van der Waals surface area contributed by atoms with Crippen molar-refractivity contribution in [2.75, 3.05) is 13.7 Å². The highest BCUT2D eigenvalue weighted by Gasteiger charge is 2.29. The SMILES string of the molecule is COC(=O)C1COC(c2csc(C(=O)c3c[nH]c4ccccc34)n2)=N1. The van der Waals surface area contributed by atoms with Gasteiger partial charge in [-0.15, -0.1) is 11.3 Å². The minimum absolute atomic E-state index is 0.116. The van der Waals surface area contributed by atoms with E-state index in [0.717, 1.165) is 10.9 Å². The van der Waals surface area contributed by atoms with Crippen LogP contribution in [0.15, 0.2) is 40.8 Å². The Kier molecular flexibility index (Phi) is 3.81. The van der Waals surface area contributed by atoms with Gasteiger partial charge in [-0.1, -0.05) is 18.2 Å². The van der Waals surface area contributed by atoms with Gasteiger partial charge in [0.1, 0.15) is 12.3 Å². The topological polar surface area (TPSA) is 93.6 Å². The average molecular weight is 355 g/mol. The lowest BCUT2D eigenvalue weighted by Gasteiger charge is -2.00. The van der Waals surface area contributed by atoms with Gasteiger partial charge in [0.25, 0.3) is 0 Å². The largest absolute Gasteiger partial charge is 0.473 e. The standard InChI is InChI=1S/C17H13N3O4S/c1-23-17(22)12-7-24-15(19-12)13-8-25-16(20-13)14(21)10-6-18-11-5-3-2-4-9(10)11/h2-6,8,12,18H,7H2,1H3. The monoisotopic (exact) mass is 355 g/mol. The molecule has 1 unspecified atom stereocenters. The Labute approximate surface area is 146 Å². The summed E-state index contributed by atoms with van der Waals surface area (Å²) in [7, 11) is 1.30. The second-order valence-electron chi connectivity index (χ2n) is 5.40. The summed E-state index contributed by atoms with van der Waals surface area (Å²) >= 11 is 1.22. The smallest absolute Gasteiger partial charge is 0.334 e. The third kappa shape index (κ3) is 2.70. The number of nitrogens with zero attached hydrogens (tertiary/aromatic N) is 2. The number of ether oxygens (including phenoxy) is 2. The number of esters is 1. The Morgan fingerprint density at radius 2 is 2.20 bits per heavy atom. The van der Waals surface area contributed by atoms with Crippen LogP contribution in [0.2, 0.25) is 0 Å². The van der Waals surface area contributed by atoms with Crippen LogP contribution in [0, 0.1) is 0 Å². The number of H-pyrrole nitrogens is 1. The van der Waals surface area contributed by atoms with E-state index >= 15 is 0 Å². The second-order valence-corrected chi connectivity index (χ2v) is 6.26. The van der Waals surface area contributed by atoms with Crippen LogP contribution in [0.3, 0.4) is 0 Å². The van der Waals surface area contributed by atoms with E-state index in [1.165, 1.54) is 18.4 Å². The average Bonchev–Trinajstić information content (AvgIpc) is 3.38. The second kappa shape index (κ2) is 6.14. The van der Waals surface area contributed by atoms with Crippen molar-refractivity contribution in [1.82, 2.24) is 9.97 Å². The molecular weight excluding hydrogens is 342 g/mol. The summed E-state index contributed by atoms with van der Waals surface area (Å²) in [6, 6.07) is 6.90. The Bertz CT molecular complexity index is 1000. The van der Waals surface area contributed by atoms with E-state index in [2.05, 4.69) is 19.7 Å². The highest BCUT2D eigenvalue weighted by molar-refractivity contribution is 7.12. The highest BCUT2D eigenvalue weighted by Crippen LogP contribution is 2.23. The molecule has 25 heavy (non-hydrogen) atoms. The summed E-state index contributed by atoms with van der Waals surface area (Å²) in [5, 5.41) is 2.89. The number of methoxy groups -OCH3 is 1. The summed E-state index contributed by atoms with van der Waals surface area (Å²) in [6.07, 6.45) is 1.69. The van der Waals surface area contributed by atoms with Crippen molar-refractivity contribution in [2.45, 2.75) is 6.04 Å². The summed E-state index contributed by atoms with van der Waals surface area (Å²) in [5.74, 6) is -0.373. The normalized spacial score (nSPS) is 16.5. The molecule has 0 saturated carbocycles. The number of carbonyl (C=O) groups excluding carboxylic acids is 2. The fourth-order valence-electron chi connectivity index (χ4n) is 2.62. The number of hydrogen-bond acceptors (Lipinski definition) is 7. The van der Waals surface area contributed by atoms with Gasteiger partial charge in [0.05, 0.1) is 12.7 Å². The Morgan fingerprint density at radius 1 is 1.36 bits per heavy atom. The number of carbonyl (C=O) groups is 2. The third-order valence-corrected chi connectivity index (χ3v) is 4.72. The van der Waals surface area contributed by atoms with Crippen LogP contribution in [-0.2, 0) is 14.3 Å². The minimum Gasteiger partial charge on any atom is -0.473 e. The predicted octanol–water partition coefficient (Wildman–Crippen LogP) is 2.17. The first-order chi connectivity index (χ1) is 12.2. The van der Waals surface area contributed by atoms with Crippen molar-refractivity contribution in [3.05, 3.63) is 52.1 Å². The zero-order chi connectivity index (χ0) is 17.4. The summed E-state index contributed by atoms with van der Waals surface area (Å²) in [5.41, 5.74) is 1.91. The minimum atomic E-state index is -0.686. The zero-order valence-corrected chi connectivity index (χ0v) is 14.0. The van der Waals surface area contributed by atoms with Gasteiger partial charge < -0.3 is 14.5 Å². The van der Waals surface area contributed by atoms with Crippen LogP contribution in [0.5, 0.6) is 0 Å². The van der Waals surface area contributed by atoms with E-state index in [0.29, 0.717) is 16.3 Å². The first kappa shape index (κ1) is 15.5. The molecule has 1 aromatic carbocycles. The highest BCUT2D eigenvalue weighted by atomic mass is 32.1. The number of nitrogens with one attached hydrogen (secondary N) is 1. The first-order valence-corrected chi connectivity index (χ1v) is 8.40. The number of aliphatic imine (C=N–C) groups is 1. The lowest BCUT2D eigenvalue weighted by Crippen LogP contribution is -2.21. The van der Waals surface area contributed by atoms with Crippen LogP contribution >= 0.6 is 11.3 Å². The quantitative estimate of drug-likeness (QED) is 0.572. The molecule has 0 fully saturated rings. The van der Waals surface area contributed by atoms with Crippen LogP contribution in [0.4, 0.5) is 0 Å². The molecule has 3 aromatic rings. The number of aromatic nitrogens is 2. The maximum absolute atomic E-state index is 12.7. The van der Waals surface area contributed by atoms with Crippen LogP contribution in [0.1, 0.15) is 21.1 Å². The molecule has 1 atom stereocenters. The molecule has 0 spiro atoms. The number of rotatable bonds is 4. The molecule has 0 radical (unpaired) electrons. The van der Waals surface area contributed by atoms with Crippen molar-refractivity contribution in [3.8, 4) is 0 Å². The summed E-state index contributed by atoms with van der Waals surface area (Å²) < 4.78 is 10.1. The number of thiazole rings is 1. The molecule has 0 saturated heterocycles. The van der Waals surface area contributed by atoms with Gasteiger partial charge >= 0.3 is 5.97 Å². The molecule has 7 nitrogen and oxygen atoms in total. The maximum Gasteiger partial charge on any atom is 0.334 e. The maximum atomic E-state index is 12.7. The number of aromatic amines is 1. The van der Waals surface area contributed by atoms with Gasteiger partial charge in [-0.3, -0.25) is 4.79 Å². The molecule has 126 valence electrons. The molecule has 3 heterocycles. The Morgan fingerprint density at radius 3 is 3.04 bits per heavy atom. The van der Waals surface area contributed by atoms with Crippen LogP contribution < -0.4 is 0 Å². The van der Waals surface area contributed by atoms with Crippen molar-refractivity contribution in [1.29, 1.82) is 0 Å². The van der Waals surface area contributed by atoms with Crippen molar-refractivity contribution in [2.24, 2.45) is 4.99 Å². The molecular formula is C17H13N3O4S. The molecule has 4 rings (SSSR count). The molecule has 2 aromatic heterocycles. The lowest BCUT2D eigenvalue weighted by atomic mass is 10.1. The van der Waals surface area contributed by atoms with E-state index in [1.54, 1.807) is 11.6 Å². The molecule has 8 heteroatoms. The molecule has 1 aliphatic rings. The molecule has 0 amide bonds. The van der Waals surface area contributed by atoms with Crippen molar-refractivity contribution < 1.29 is 19.1 Å². The number of hydrogen-bond donors (Lipinski definition) is 1. The van der Waals surface area contributed by atoms with Crippen LogP contribution in [0.25, 0.3) is 10.9 Å². The van der Waals surface area contributed by atoms with Gasteiger partial charge in [0.15, 0.2) is 11.0 Å². The van der Waals surface area contributed by atoms with E-state index in [-0.39, 0.29) is 18.3 Å². The van der Waals surface area contributed by atoms with Gasteiger partial charge in [-0.25, -0.2) is 14.8 Å². The van der Waals surface area contributed by atoms with Crippen molar-refractivity contribution >= 4 is 39.9 Å². The number of para-hydroxylation sites is 1. The molecule has 1 aliphatic heterocycles. The van der Waals surface area contributed by atoms with E-state index in [9.17, 15) is 9.59 Å². The van der Waals surface area contributed by atoms with E-state index in [4.69, 9.17) is 4.74 Å². The summed E-state index contributed by atoms with van der Waals surface area (Å²) in [6.45, 7) is 0.116. The van der Waals surface area contributed by atoms with Gasteiger partial charge in [0.2, 0.25) is 11.7 Å². The first-order valence-electron chi connectivity index (χ1n) is 7.52. The Balaban J connectivity index is 1.61. The van der Waals surface area contributed by atoms with E-state index in [1.807, 2.05) is 24.3 Å². The number of ketones is 1. The van der Waals surface area contributed by atoms with Gasteiger partial charge in [-0.05, 0) is 6.07 Å². The van der Waals surface area contributed by atoms with Gasteiger partial charge in [0, 0.05) is 22.5 Å². The Hall–Kier alpha value is -3.00. The van der Waals surface area contributed by atoms with Crippen molar-refractivity contribution in [3.63, 3.8) is 0 Å². The molecule has 1 N–H and O–H groups in total. The van der Waals surface area contributed by atoms with Crippen LogP contribution in [-0.4, -0.2) is 47.4 Å². The third-order valence-electron chi connectivity index (χ3n) is 3.88. The number of benzene rings is 1. The molecule has 0 aliphatic carbocycles. The summed E-state index contributed by atoms with van der Waals surface area (Å²) in [4.78, 5) is 35.8. The fourth-order valence-corrected chi connectivity index (χ4v) is 3.37. The molecule has 0 bridgehead atoms.